The van der Waals surface area contributed by atoms with E-state index in [1.807, 2.05) is 0 Å². The van der Waals surface area contributed by atoms with Crippen LogP contribution < -0.4 is 0 Å². The summed E-state index contributed by atoms with van der Waals surface area (Å²) in [5.74, 6) is -0.199. The summed E-state index contributed by atoms with van der Waals surface area (Å²) in [6, 6.07) is 0. The lowest BCUT2D eigenvalue weighted by Gasteiger charge is -2.14. The molecule has 0 bridgehead atoms. The molecule has 0 fully saturated rings. The number of hydrogen-bond acceptors (Lipinski definition) is 4. The highest BCUT2D eigenvalue weighted by atomic mass is 16.5. The fourth-order valence-corrected chi connectivity index (χ4v) is 0.790. The largest absolute Gasteiger partial charge is 0.382 e. The minimum Gasteiger partial charge on any atom is -0.382 e. The van der Waals surface area contributed by atoms with E-state index < -0.39 is 0 Å². The molecule has 0 aromatic heterocycles. The summed E-state index contributed by atoms with van der Waals surface area (Å²) in [6.45, 7) is 6.60. The van der Waals surface area contributed by atoms with E-state index in [9.17, 15) is 4.79 Å². The van der Waals surface area contributed by atoms with Gasteiger partial charge in [-0.05, 0) is 0 Å². The number of rotatable bonds is 9. The molecule has 5 heteroatoms. The van der Waals surface area contributed by atoms with Gasteiger partial charge in [-0.2, -0.15) is 0 Å². The van der Waals surface area contributed by atoms with Crippen LogP contribution in [0.3, 0.4) is 0 Å². The standard InChI is InChI=1S/C10H20NO4/c1-10(12)11(2)4-5-14-8-9-15-7-6-13-3/h1,4-9H2,2-3H3. The Morgan fingerprint density at radius 1 is 1.13 bits per heavy atom. The fraction of sp³-hybridized carbons (Fsp3) is 0.800. The second kappa shape index (κ2) is 9.89. The highest BCUT2D eigenvalue weighted by molar-refractivity contribution is 5.79. The fourth-order valence-electron chi connectivity index (χ4n) is 0.790. The third-order valence-electron chi connectivity index (χ3n) is 1.80. The third kappa shape index (κ3) is 9.65. The van der Waals surface area contributed by atoms with Gasteiger partial charge >= 0.3 is 0 Å². The van der Waals surface area contributed by atoms with E-state index in [0.717, 1.165) is 0 Å². The van der Waals surface area contributed by atoms with Gasteiger partial charge < -0.3 is 19.1 Å². The second-order valence-corrected chi connectivity index (χ2v) is 3.03. The first-order valence-electron chi connectivity index (χ1n) is 4.90. The summed E-state index contributed by atoms with van der Waals surface area (Å²) in [5.41, 5.74) is 0. The van der Waals surface area contributed by atoms with Crippen molar-refractivity contribution < 1.29 is 19.0 Å². The van der Waals surface area contributed by atoms with Crippen molar-refractivity contribution in [3.8, 4) is 0 Å². The first-order chi connectivity index (χ1) is 7.18. The van der Waals surface area contributed by atoms with E-state index in [1.165, 1.54) is 4.90 Å². The van der Waals surface area contributed by atoms with Crippen LogP contribution in [0, 0.1) is 6.92 Å². The number of hydrogen-bond donors (Lipinski definition) is 0. The van der Waals surface area contributed by atoms with E-state index in [4.69, 9.17) is 14.2 Å². The minimum absolute atomic E-state index is 0.199. The highest BCUT2D eigenvalue weighted by Gasteiger charge is 2.00. The summed E-state index contributed by atoms with van der Waals surface area (Å²) in [7, 11) is 3.32. The SMILES string of the molecule is [CH2]C(=O)N(C)CCOCCOCCOC. The zero-order chi connectivity index (χ0) is 11.5. The lowest BCUT2D eigenvalue weighted by atomic mass is 10.5. The molecule has 0 atom stereocenters. The number of ether oxygens (including phenoxy) is 3. The van der Waals surface area contributed by atoms with Crippen LogP contribution in [0.2, 0.25) is 0 Å². The Morgan fingerprint density at radius 2 is 1.67 bits per heavy atom. The molecule has 0 N–H and O–H groups in total. The molecular weight excluding hydrogens is 198 g/mol. The van der Waals surface area contributed by atoms with Gasteiger partial charge in [0.1, 0.15) is 0 Å². The molecule has 0 heterocycles. The molecule has 0 aromatic rings. The second-order valence-electron chi connectivity index (χ2n) is 3.03. The molecule has 0 unspecified atom stereocenters. The van der Waals surface area contributed by atoms with Gasteiger partial charge in [0.2, 0.25) is 5.91 Å². The molecule has 0 aliphatic heterocycles. The Labute approximate surface area is 91.3 Å². The lowest BCUT2D eigenvalue weighted by molar-refractivity contribution is -0.125. The summed E-state index contributed by atoms with van der Waals surface area (Å²) in [4.78, 5) is 12.2. The maximum atomic E-state index is 10.7. The van der Waals surface area contributed by atoms with Gasteiger partial charge in [-0.3, -0.25) is 4.79 Å². The Kier molecular flexibility index (Phi) is 9.46. The predicted molar refractivity (Wildman–Crippen MR) is 56.5 cm³/mol. The molecule has 0 aliphatic rings. The maximum absolute atomic E-state index is 10.7. The topological polar surface area (TPSA) is 48.0 Å². The molecule has 89 valence electrons. The van der Waals surface area contributed by atoms with Crippen LogP contribution in [0.15, 0.2) is 0 Å². The summed E-state index contributed by atoms with van der Waals surface area (Å²) in [5, 5.41) is 0. The molecule has 0 spiro atoms. The predicted octanol–water partition coefficient (Wildman–Crippen LogP) is -0.0415. The van der Waals surface area contributed by atoms with Crippen LogP contribution in [0.25, 0.3) is 0 Å². The summed E-state index contributed by atoms with van der Waals surface area (Å²) >= 11 is 0. The van der Waals surface area contributed by atoms with Crippen LogP contribution in [0.1, 0.15) is 0 Å². The van der Waals surface area contributed by atoms with Gasteiger partial charge in [-0.1, -0.05) is 0 Å². The van der Waals surface area contributed by atoms with E-state index in [0.29, 0.717) is 39.6 Å². The molecule has 0 aromatic carbocycles. The molecule has 0 rings (SSSR count). The van der Waals surface area contributed by atoms with Crippen molar-refractivity contribution in [1.82, 2.24) is 4.90 Å². The monoisotopic (exact) mass is 218 g/mol. The zero-order valence-corrected chi connectivity index (χ0v) is 9.53. The van der Waals surface area contributed by atoms with Gasteiger partial charge in [0.05, 0.1) is 33.0 Å². The third-order valence-corrected chi connectivity index (χ3v) is 1.80. The van der Waals surface area contributed by atoms with E-state index in [1.54, 1.807) is 14.2 Å². The Bertz CT molecular complexity index is 164. The number of methoxy groups -OCH3 is 1. The first-order valence-corrected chi connectivity index (χ1v) is 4.90. The van der Waals surface area contributed by atoms with Crippen LogP contribution in [-0.2, 0) is 19.0 Å². The van der Waals surface area contributed by atoms with Gasteiger partial charge in [0.25, 0.3) is 0 Å². The molecule has 5 nitrogen and oxygen atoms in total. The van der Waals surface area contributed by atoms with Gasteiger partial charge in [0.15, 0.2) is 0 Å². The Hall–Kier alpha value is -0.650. The van der Waals surface area contributed by atoms with Crippen molar-refractivity contribution in [3.05, 3.63) is 6.92 Å². The molecule has 15 heavy (non-hydrogen) atoms. The molecule has 0 aliphatic carbocycles. The average Bonchev–Trinajstić information content (AvgIpc) is 2.21. The Morgan fingerprint density at radius 3 is 2.20 bits per heavy atom. The van der Waals surface area contributed by atoms with Gasteiger partial charge in [-0.25, -0.2) is 0 Å². The number of likely N-dealkylation sites (N-methyl/N-ethyl adjacent to an activating group) is 1. The number of nitrogens with zero attached hydrogens (tertiary/aromatic N) is 1. The number of carbonyl (C=O) groups excluding carboxylic acids is 1. The summed E-state index contributed by atoms with van der Waals surface area (Å²) in [6.07, 6.45) is 0. The summed E-state index contributed by atoms with van der Waals surface area (Å²) < 4.78 is 15.2. The molecule has 0 saturated carbocycles. The first kappa shape index (κ1) is 14.3. The van der Waals surface area contributed by atoms with Crippen molar-refractivity contribution in [2.75, 3.05) is 53.7 Å². The maximum Gasteiger partial charge on any atom is 0.222 e. The smallest absolute Gasteiger partial charge is 0.222 e. The van der Waals surface area contributed by atoms with Crippen molar-refractivity contribution in [3.63, 3.8) is 0 Å². The van der Waals surface area contributed by atoms with Crippen molar-refractivity contribution >= 4 is 5.91 Å². The van der Waals surface area contributed by atoms with Crippen LogP contribution in [0.5, 0.6) is 0 Å². The van der Waals surface area contributed by atoms with Crippen molar-refractivity contribution in [2.24, 2.45) is 0 Å². The van der Waals surface area contributed by atoms with Crippen LogP contribution in [-0.4, -0.2) is 64.5 Å². The Balaban J connectivity index is 3.08. The molecule has 1 radical (unpaired) electrons. The van der Waals surface area contributed by atoms with Crippen molar-refractivity contribution in [2.45, 2.75) is 0 Å². The average molecular weight is 218 g/mol. The van der Waals surface area contributed by atoms with Gasteiger partial charge in [0, 0.05) is 27.6 Å². The van der Waals surface area contributed by atoms with E-state index in [2.05, 4.69) is 6.92 Å². The highest BCUT2D eigenvalue weighted by Crippen LogP contribution is 1.85. The van der Waals surface area contributed by atoms with Crippen LogP contribution >= 0.6 is 0 Å². The minimum atomic E-state index is -0.199. The van der Waals surface area contributed by atoms with E-state index >= 15 is 0 Å². The number of carbonyl (C=O) groups is 1. The van der Waals surface area contributed by atoms with Gasteiger partial charge in [-0.15, -0.1) is 0 Å². The number of amides is 1. The molecule has 0 saturated heterocycles. The van der Waals surface area contributed by atoms with Crippen molar-refractivity contribution in [1.29, 1.82) is 0 Å². The quantitative estimate of drug-likeness (QED) is 0.509. The van der Waals surface area contributed by atoms with E-state index in [-0.39, 0.29) is 5.91 Å². The zero-order valence-electron chi connectivity index (χ0n) is 9.53. The molecular formula is C10H20NO4. The normalized spacial score (nSPS) is 10.3. The molecule has 1 amide bonds. The van der Waals surface area contributed by atoms with Crippen LogP contribution in [0.4, 0.5) is 0 Å². The lowest BCUT2D eigenvalue weighted by Crippen LogP contribution is -2.28.